The molecule has 0 aromatic carbocycles. The molecule has 2 aromatic heterocycles. The molecule has 2 aromatic rings. The van der Waals surface area contributed by atoms with Crippen molar-refractivity contribution in [1.29, 1.82) is 0 Å². The maximum atomic E-state index is 11.4. The predicted octanol–water partition coefficient (Wildman–Crippen LogP) is 7.53. The van der Waals surface area contributed by atoms with Gasteiger partial charge in [0.05, 0.1) is 4.88 Å². The lowest BCUT2D eigenvalue weighted by Gasteiger charge is -1.98. The molecule has 132 valence electrons. The third-order valence-electron chi connectivity index (χ3n) is 4.46. The normalized spacial score (nSPS) is 11.1. The van der Waals surface area contributed by atoms with E-state index in [1.54, 1.807) is 11.3 Å². The number of unbranched alkanes of at least 4 members (excludes halogenated alkanes) is 6. The monoisotopic (exact) mass is 362 g/mol. The van der Waals surface area contributed by atoms with Gasteiger partial charge in [-0.25, -0.2) is 0 Å². The number of carbonyl (C=O) groups is 1. The number of hydrogen-bond donors (Lipinski definition) is 0. The summed E-state index contributed by atoms with van der Waals surface area (Å²) in [6.45, 7) is 4.49. The van der Waals surface area contributed by atoms with E-state index in [2.05, 4.69) is 31.4 Å². The van der Waals surface area contributed by atoms with Gasteiger partial charge in [-0.1, -0.05) is 52.4 Å². The van der Waals surface area contributed by atoms with E-state index in [4.69, 9.17) is 0 Å². The Kier molecular flexibility index (Phi) is 8.76. The van der Waals surface area contributed by atoms with Gasteiger partial charge in [-0.15, -0.1) is 22.7 Å². The van der Waals surface area contributed by atoms with Gasteiger partial charge in [0, 0.05) is 9.75 Å². The van der Waals surface area contributed by atoms with Crippen LogP contribution in [-0.4, -0.2) is 6.29 Å². The van der Waals surface area contributed by atoms with Crippen molar-refractivity contribution >= 4 is 29.0 Å². The summed E-state index contributed by atoms with van der Waals surface area (Å²) in [5.41, 5.74) is 2.70. The summed E-state index contributed by atoms with van der Waals surface area (Å²) in [7, 11) is 0. The zero-order valence-corrected chi connectivity index (χ0v) is 16.7. The minimum absolute atomic E-state index is 0.930. The Morgan fingerprint density at radius 2 is 1.58 bits per heavy atom. The predicted molar refractivity (Wildman–Crippen MR) is 109 cm³/mol. The Balaban J connectivity index is 1.97. The van der Waals surface area contributed by atoms with Crippen molar-refractivity contribution in [3.8, 4) is 9.75 Å². The Morgan fingerprint density at radius 1 is 0.875 bits per heavy atom. The fourth-order valence-corrected chi connectivity index (χ4v) is 5.06. The fraction of sp³-hybridized carbons (Fsp3) is 0.571. The number of hydrogen-bond acceptors (Lipinski definition) is 3. The van der Waals surface area contributed by atoms with Crippen LogP contribution in [-0.2, 0) is 12.8 Å². The molecule has 0 radical (unpaired) electrons. The second kappa shape index (κ2) is 10.8. The molecule has 0 atom stereocenters. The summed E-state index contributed by atoms with van der Waals surface area (Å²) in [5, 5.41) is 2.29. The molecule has 2 rings (SSSR count). The molecule has 0 unspecified atom stereocenters. The van der Waals surface area contributed by atoms with Crippen LogP contribution in [0.15, 0.2) is 17.5 Å². The van der Waals surface area contributed by atoms with Crippen molar-refractivity contribution < 1.29 is 4.79 Å². The van der Waals surface area contributed by atoms with Gasteiger partial charge >= 0.3 is 0 Å². The fourth-order valence-electron chi connectivity index (χ4n) is 2.99. The Bertz CT molecular complexity index is 609. The van der Waals surface area contributed by atoms with E-state index in [0.717, 1.165) is 17.6 Å². The number of rotatable bonds is 12. The molecular weight excluding hydrogens is 332 g/mol. The Hall–Kier alpha value is -0.930. The van der Waals surface area contributed by atoms with Gasteiger partial charge in [0.1, 0.15) is 0 Å². The van der Waals surface area contributed by atoms with Crippen LogP contribution in [0.1, 0.15) is 86.0 Å². The molecule has 24 heavy (non-hydrogen) atoms. The lowest BCUT2D eigenvalue weighted by atomic mass is 10.1. The van der Waals surface area contributed by atoms with Gasteiger partial charge in [0.2, 0.25) is 0 Å². The van der Waals surface area contributed by atoms with Gasteiger partial charge in [-0.05, 0) is 54.3 Å². The Labute approximate surface area is 155 Å². The van der Waals surface area contributed by atoms with Gasteiger partial charge < -0.3 is 0 Å². The molecule has 0 bridgehead atoms. The largest absolute Gasteiger partial charge is 0.297 e. The number of aryl methyl sites for hydroxylation is 2. The molecule has 0 aliphatic carbocycles. The van der Waals surface area contributed by atoms with Crippen molar-refractivity contribution in [2.75, 3.05) is 0 Å². The lowest BCUT2D eigenvalue weighted by Crippen LogP contribution is -1.87. The highest BCUT2D eigenvalue weighted by molar-refractivity contribution is 7.22. The molecule has 3 heteroatoms. The smallest absolute Gasteiger partial charge is 0.160 e. The van der Waals surface area contributed by atoms with Gasteiger partial charge in [0.15, 0.2) is 6.29 Å². The summed E-state index contributed by atoms with van der Waals surface area (Å²) in [6, 6.07) is 4.59. The molecule has 0 saturated carbocycles. The first-order chi connectivity index (χ1) is 11.8. The van der Waals surface area contributed by atoms with E-state index in [0.29, 0.717) is 0 Å². The van der Waals surface area contributed by atoms with Crippen LogP contribution in [0.25, 0.3) is 9.75 Å². The summed E-state index contributed by atoms with van der Waals surface area (Å²) in [5.74, 6) is 0. The standard InChI is InChI=1S/C21H30OS2/c1-3-5-7-9-11-17-13-19(23-16-17)20-14-18(21(15-22)24-20)12-10-8-6-4-2/h13-16H,3-12H2,1-2H3. The van der Waals surface area contributed by atoms with Crippen LogP contribution in [0.5, 0.6) is 0 Å². The molecular formula is C21H30OS2. The zero-order chi connectivity index (χ0) is 17.2. The first-order valence-corrected chi connectivity index (χ1v) is 11.1. The molecule has 0 spiro atoms. The number of carbonyl (C=O) groups excluding carboxylic acids is 1. The third kappa shape index (κ3) is 5.86. The SMILES string of the molecule is CCCCCCc1csc(-c2cc(CCCCCC)c(C=O)s2)c1. The molecule has 2 heterocycles. The highest BCUT2D eigenvalue weighted by Crippen LogP contribution is 2.36. The van der Waals surface area contributed by atoms with Crippen molar-refractivity contribution in [3.05, 3.63) is 33.5 Å². The molecule has 0 aliphatic heterocycles. The second-order valence-corrected chi connectivity index (χ2v) is 8.55. The summed E-state index contributed by atoms with van der Waals surface area (Å²) in [4.78, 5) is 14.9. The van der Waals surface area contributed by atoms with Gasteiger partial charge in [-0.2, -0.15) is 0 Å². The molecule has 0 amide bonds. The van der Waals surface area contributed by atoms with Gasteiger partial charge in [-0.3, -0.25) is 4.79 Å². The summed E-state index contributed by atoms with van der Waals surface area (Å²) in [6.07, 6.45) is 13.5. The van der Waals surface area contributed by atoms with Crippen LogP contribution in [0.2, 0.25) is 0 Å². The quantitative estimate of drug-likeness (QED) is 0.281. The number of thiophene rings is 2. The molecule has 0 aliphatic rings. The molecule has 1 nitrogen and oxygen atoms in total. The third-order valence-corrected chi connectivity index (χ3v) is 6.74. The van der Waals surface area contributed by atoms with E-state index in [-0.39, 0.29) is 0 Å². The van der Waals surface area contributed by atoms with Crippen LogP contribution in [0.3, 0.4) is 0 Å². The van der Waals surface area contributed by atoms with Crippen molar-refractivity contribution in [2.45, 2.75) is 78.1 Å². The Morgan fingerprint density at radius 3 is 2.25 bits per heavy atom. The van der Waals surface area contributed by atoms with E-state index >= 15 is 0 Å². The highest BCUT2D eigenvalue weighted by atomic mass is 32.1. The minimum Gasteiger partial charge on any atom is -0.297 e. The maximum Gasteiger partial charge on any atom is 0.160 e. The highest BCUT2D eigenvalue weighted by Gasteiger charge is 2.11. The molecule has 0 fully saturated rings. The lowest BCUT2D eigenvalue weighted by molar-refractivity contribution is 0.112. The first-order valence-electron chi connectivity index (χ1n) is 9.44. The summed E-state index contributed by atoms with van der Waals surface area (Å²) < 4.78 is 0. The van der Waals surface area contributed by atoms with Crippen LogP contribution >= 0.6 is 22.7 Å². The average molecular weight is 363 g/mol. The summed E-state index contributed by atoms with van der Waals surface area (Å²) >= 11 is 3.49. The van der Waals surface area contributed by atoms with Crippen LogP contribution in [0, 0.1) is 0 Å². The molecule has 0 saturated heterocycles. The topological polar surface area (TPSA) is 17.1 Å². The van der Waals surface area contributed by atoms with E-state index in [9.17, 15) is 4.79 Å². The molecule has 0 N–H and O–H groups in total. The van der Waals surface area contributed by atoms with Crippen molar-refractivity contribution in [3.63, 3.8) is 0 Å². The number of aldehydes is 1. The van der Waals surface area contributed by atoms with E-state index in [1.165, 1.54) is 78.7 Å². The average Bonchev–Trinajstić information content (AvgIpc) is 3.22. The van der Waals surface area contributed by atoms with Crippen molar-refractivity contribution in [1.82, 2.24) is 0 Å². The second-order valence-electron chi connectivity index (χ2n) is 6.56. The van der Waals surface area contributed by atoms with Crippen molar-refractivity contribution in [2.24, 2.45) is 0 Å². The van der Waals surface area contributed by atoms with E-state index in [1.807, 2.05) is 11.3 Å². The van der Waals surface area contributed by atoms with Crippen LogP contribution in [0.4, 0.5) is 0 Å². The minimum atomic E-state index is 0.930. The maximum absolute atomic E-state index is 11.4. The van der Waals surface area contributed by atoms with Crippen LogP contribution < -0.4 is 0 Å². The van der Waals surface area contributed by atoms with Gasteiger partial charge in [0.25, 0.3) is 0 Å². The zero-order valence-electron chi connectivity index (χ0n) is 15.1. The van der Waals surface area contributed by atoms with E-state index < -0.39 is 0 Å². The first kappa shape index (κ1) is 19.4.